The van der Waals surface area contributed by atoms with Gasteiger partial charge in [0, 0.05) is 24.5 Å². The number of anilines is 1. The summed E-state index contributed by atoms with van der Waals surface area (Å²) >= 11 is 3.38. The number of thioether (sulfide) groups is 1. The van der Waals surface area contributed by atoms with E-state index in [-0.39, 0.29) is 11.8 Å². The Kier molecular flexibility index (Phi) is 7.63. The molecule has 0 saturated carbocycles. The third kappa shape index (κ3) is 5.73. The smallest absolute Gasteiger partial charge is 0.256 e. The summed E-state index contributed by atoms with van der Waals surface area (Å²) in [5.41, 5.74) is 7.76. The van der Waals surface area contributed by atoms with E-state index in [1.807, 2.05) is 29.2 Å². The first kappa shape index (κ1) is 25.5. The summed E-state index contributed by atoms with van der Waals surface area (Å²) in [5, 5.41) is 3.00. The molecule has 5 rings (SSSR count). The van der Waals surface area contributed by atoms with Gasteiger partial charge in [0.2, 0.25) is 0 Å². The van der Waals surface area contributed by atoms with Crippen LogP contribution in [0, 0.1) is 20.8 Å². The van der Waals surface area contributed by atoms with E-state index >= 15 is 0 Å². The molecule has 0 spiro atoms. The molecule has 0 radical (unpaired) electrons. The van der Waals surface area contributed by atoms with Crippen molar-refractivity contribution in [2.75, 3.05) is 18.4 Å². The van der Waals surface area contributed by atoms with Crippen molar-refractivity contribution in [2.24, 2.45) is 0 Å². The van der Waals surface area contributed by atoms with Crippen LogP contribution in [0.4, 0.5) is 5.69 Å². The molecule has 2 heterocycles. The molecule has 4 aromatic rings. The fourth-order valence-electron chi connectivity index (χ4n) is 4.95. The Morgan fingerprint density at radius 2 is 1.65 bits per heavy atom. The van der Waals surface area contributed by atoms with Crippen LogP contribution in [-0.4, -0.2) is 34.8 Å². The van der Waals surface area contributed by atoms with Gasteiger partial charge in [0.15, 0.2) is 4.34 Å². The second-order valence-corrected chi connectivity index (χ2v) is 11.9. The van der Waals surface area contributed by atoms with Crippen LogP contribution >= 0.6 is 23.1 Å². The molecule has 1 saturated heterocycles. The Labute approximate surface area is 226 Å². The van der Waals surface area contributed by atoms with Crippen LogP contribution in [0.15, 0.2) is 58.9 Å². The zero-order chi connectivity index (χ0) is 25.9. The highest BCUT2D eigenvalue weighted by Gasteiger charge is 2.23. The van der Waals surface area contributed by atoms with E-state index in [0.717, 1.165) is 52.7 Å². The number of aryl methyl sites for hydroxylation is 3. The van der Waals surface area contributed by atoms with Gasteiger partial charge in [-0.1, -0.05) is 41.6 Å². The summed E-state index contributed by atoms with van der Waals surface area (Å²) < 4.78 is 2.03. The largest absolute Gasteiger partial charge is 0.339 e. The van der Waals surface area contributed by atoms with E-state index in [2.05, 4.69) is 38.2 Å². The second-order valence-electron chi connectivity index (χ2n) is 9.68. The Balaban J connectivity index is 1.30. The average Bonchev–Trinajstić information content (AvgIpc) is 3.30. The zero-order valence-electron chi connectivity index (χ0n) is 21.5. The predicted molar refractivity (Wildman–Crippen MR) is 154 cm³/mol. The van der Waals surface area contributed by atoms with E-state index in [4.69, 9.17) is 4.98 Å². The number of aromatic nitrogens is 1. The Morgan fingerprint density at radius 3 is 2.38 bits per heavy atom. The predicted octanol–water partition coefficient (Wildman–Crippen LogP) is 7.39. The molecule has 1 N–H and O–H groups in total. The number of nitrogens with zero attached hydrogens (tertiary/aromatic N) is 2. The van der Waals surface area contributed by atoms with Crippen molar-refractivity contribution in [1.29, 1.82) is 0 Å². The standard InChI is InChI=1S/C30H31N3O2S2/c1-19-15-20(2)25(21(3)16-19)18-36-30-32-26-12-11-22(17-27(26)37-30)31-28(34)23-9-5-6-10-24(23)29(35)33-13-7-4-8-14-33/h5-6,9-12,15-17H,4,7-8,13-14,18H2,1-3H3,(H,31,34). The minimum absolute atomic E-state index is 0.0657. The van der Waals surface area contributed by atoms with Crippen LogP contribution in [0.5, 0.6) is 0 Å². The minimum atomic E-state index is -0.273. The molecule has 1 aliphatic rings. The number of carbonyl (C=O) groups excluding carboxylic acids is 2. The van der Waals surface area contributed by atoms with Crippen molar-refractivity contribution < 1.29 is 9.59 Å². The van der Waals surface area contributed by atoms with Gasteiger partial charge in [-0.15, -0.1) is 11.3 Å². The lowest BCUT2D eigenvalue weighted by Crippen LogP contribution is -2.36. The topological polar surface area (TPSA) is 62.3 Å². The van der Waals surface area contributed by atoms with Crippen molar-refractivity contribution in [2.45, 2.75) is 50.1 Å². The number of nitrogens with one attached hydrogen (secondary N) is 1. The zero-order valence-corrected chi connectivity index (χ0v) is 23.1. The van der Waals surface area contributed by atoms with Gasteiger partial charge in [-0.05, 0) is 87.1 Å². The molecule has 7 heteroatoms. The number of carbonyl (C=O) groups is 2. The summed E-state index contributed by atoms with van der Waals surface area (Å²) in [6.45, 7) is 7.97. The van der Waals surface area contributed by atoms with Crippen molar-refractivity contribution in [3.63, 3.8) is 0 Å². The maximum absolute atomic E-state index is 13.2. The summed E-state index contributed by atoms with van der Waals surface area (Å²) in [5.74, 6) is 0.539. The second kappa shape index (κ2) is 11.1. The molecule has 190 valence electrons. The highest BCUT2D eigenvalue weighted by Crippen LogP contribution is 2.34. The summed E-state index contributed by atoms with van der Waals surface area (Å²) in [6, 6.07) is 17.3. The number of amides is 2. The molecule has 0 bridgehead atoms. The summed E-state index contributed by atoms with van der Waals surface area (Å²) in [4.78, 5) is 33.0. The molecule has 2 amide bonds. The van der Waals surface area contributed by atoms with Gasteiger partial charge in [-0.3, -0.25) is 9.59 Å². The van der Waals surface area contributed by atoms with Gasteiger partial charge >= 0.3 is 0 Å². The van der Waals surface area contributed by atoms with Crippen LogP contribution < -0.4 is 5.32 Å². The average molecular weight is 530 g/mol. The van der Waals surface area contributed by atoms with Gasteiger partial charge in [-0.25, -0.2) is 4.98 Å². The van der Waals surface area contributed by atoms with Crippen LogP contribution in [-0.2, 0) is 5.75 Å². The van der Waals surface area contributed by atoms with Crippen LogP contribution in [0.25, 0.3) is 10.2 Å². The van der Waals surface area contributed by atoms with Gasteiger partial charge in [-0.2, -0.15) is 0 Å². The van der Waals surface area contributed by atoms with Crippen LogP contribution in [0.1, 0.15) is 62.2 Å². The van der Waals surface area contributed by atoms with Gasteiger partial charge in [0.1, 0.15) is 0 Å². The van der Waals surface area contributed by atoms with E-state index in [0.29, 0.717) is 16.8 Å². The third-order valence-electron chi connectivity index (χ3n) is 6.85. The van der Waals surface area contributed by atoms with Crippen molar-refractivity contribution in [1.82, 2.24) is 9.88 Å². The number of hydrogen-bond donors (Lipinski definition) is 1. The lowest BCUT2D eigenvalue weighted by Gasteiger charge is -2.27. The van der Waals surface area contributed by atoms with E-state index in [1.165, 1.54) is 22.3 Å². The van der Waals surface area contributed by atoms with Crippen molar-refractivity contribution in [3.8, 4) is 0 Å². The first-order valence-electron chi connectivity index (χ1n) is 12.7. The SMILES string of the molecule is Cc1cc(C)c(CSc2nc3ccc(NC(=O)c4ccccc4C(=O)N4CCCCC4)cc3s2)c(C)c1. The van der Waals surface area contributed by atoms with Gasteiger partial charge in [0.25, 0.3) is 11.8 Å². The molecule has 0 unspecified atom stereocenters. The highest BCUT2D eigenvalue weighted by molar-refractivity contribution is 8.00. The number of benzene rings is 3. The lowest BCUT2D eigenvalue weighted by molar-refractivity contribution is 0.0720. The van der Waals surface area contributed by atoms with Gasteiger partial charge in [0.05, 0.1) is 21.3 Å². The molecule has 37 heavy (non-hydrogen) atoms. The Morgan fingerprint density at radius 1 is 0.946 bits per heavy atom. The van der Waals surface area contributed by atoms with Crippen molar-refractivity contribution in [3.05, 3.63) is 88.0 Å². The first-order valence-corrected chi connectivity index (χ1v) is 14.5. The third-order valence-corrected chi connectivity index (χ3v) is 9.04. The first-order chi connectivity index (χ1) is 17.9. The Bertz CT molecular complexity index is 1450. The van der Waals surface area contributed by atoms with Crippen LogP contribution in [0.2, 0.25) is 0 Å². The molecule has 0 aliphatic carbocycles. The molecule has 1 aromatic heterocycles. The molecule has 1 fully saturated rings. The number of thiazole rings is 1. The minimum Gasteiger partial charge on any atom is -0.339 e. The van der Waals surface area contributed by atoms with E-state index < -0.39 is 0 Å². The maximum atomic E-state index is 13.2. The normalized spacial score (nSPS) is 13.6. The summed E-state index contributed by atoms with van der Waals surface area (Å²) in [7, 11) is 0. The quantitative estimate of drug-likeness (QED) is 0.265. The lowest BCUT2D eigenvalue weighted by atomic mass is 10.0. The Hall–Kier alpha value is -3.16. The fraction of sp³-hybridized carbons (Fsp3) is 0.300. The van der Waals surface area contributed by atoms with Gasteiger partial charge < -0.3 is 10.2 Å². The van der Waals surface area contributed by atoms with E-state index in [1.54, 1.807) is 41.3 Å². The maximum Gasteiger partial charge on any atom is 0.256 e. The summed E-state index contributed by atoms with van der Waals surface area (Å²) in [6.07, 6.45) is 3.18. The fourth-order valence-corrected chi connectivity index (χ4v) is 7.25. The molecule has 3 aromatic carbocycles. The monoisotopic (exact) mass is 529 g/mol. The number of piperidine rings is 1. The van der Waals surface area contributed by atoms with E-state index in [9.17, 15) is 9.59 Å². The highest BCUT2D eigenvalue weighted by atomic mass is 32.2. The molecule has 5 nitrogen and oxygen atoms in total. The number of hydrogen-bond acceptors (Lipinski definition) is 5. The van der Waals surface area contributed by atoms with Crippen molar-refractivity contribution >= 4 is 50.8 Å². The number of rotatable bonds is 6. The molecule has 0 atom stereocenters. The molecular formula is C30H31N3O2S2. The number of fused-ring (bicyclic) bond motifs is 1. The molecule has 1 aliphatic heterocycles. The number of likely N-dealkylation sites (tertiary alicyclic amines) is 1. The molecular weight excluding hydrogens is 498 g/mol. The van der Waals surface area contributed by atoms with Crippen LogP contribution in [0.3, 0.4) is 0 Å².